The second-order valence-corrected chi connectivity index (χ2v) is 8.17. The minimum atomic E-state index is -0.353. The number of fused-ring (bicyclic) bond motifs is 3. The van der Waals surface area contributed by atoms with E-state index in [4.69, 9.17) is 4.74 Å². The van der Waals surface area contributed by atoms with Gasteiger partial charge in [-0.3, -0.25) is 10.1 Å². The van der Waals surface area contributed by atoms with Crippen molar-refractivity contribution in [3.63, 3.8) is 0 Å². The summed E-state index contributed by atoms with van der Waals surface area (Å²) in [7, 11) is 1.46. The molecule has 5 rings (SSSR count). The number of methoxy groups -OCH3 is 1. The van der Waals surface area contributed by atoms with Crippen LogP contribution >= 0.6 is 0 Å². The summed E-state index contributed by atoms with van der Waals surface area (Å²) < 4.78 is 5.10. The summed E-state index contributed by atoms with van der Waals surface area (Å²) in [6, 6.07) is 29.2. The van der Waals surface area contributed by atoms with Gasteiger partial charge in [0.05, 0.1) is 7.11 Å². The summed E-state index contributed by atoms with van der Waals surface area (Å²) in [5, 5.41) is 4.77. The first-order valence-electron chi connectivity index (χ1n) is 10.8. The summed E-state index contributed by atoms with van der Waals surface area (Å²) in [6.45, 7) is 0. The second-order valence-electron chi connectivity index (χ2n) is 8.17. The quantitative estimate of drug-likeness (QED) is 0.449. The Labute approximate surface area is 182 Å². The molecule has 0 fully saturated rings. The number of esters is 1. The second kappa shape index (κ2) is 8.40. The Bertz CT molecular complexity index is 1140. The molecule has 3 aromatic carbocycles. The summed E-state index contributed by atoms with van der Waals surface area (Å²) in [6.07, 6.45) is 1.46. The molecule has 2 heterocycles. The Morgan fingerprint density at radius 2 is 1.55 bits per heavy atom. The third-order valence-electron chi connectivity index (χ3n) is 6.37. The van der Waals surface area contributed by atoms with Gasteiger partial charge in [0.25, 0.3) is 0 Å². The number of nitrogens with one attached hydrogen (secondary N) is 2. The van der Waals surface area contributed by atoms with Gasteiger partial charge in [0.1, 0.15) is 6.04 Å². The fourth-order valence-electron chi connectivity index (χ4n) is 4.88. The number of H-pyrrole nitrogens is 1. The number of aromatic amines is 1. The van der Waals surface area contributed by atoms with E-state index in [0.717, 1.165) is 11.9 Å². The van der Waals surface area contributed by atoms with Gasteiger partial charge in [0.15, 0.2) is 0 Å². The number of rotatable bonds is 5. The molecule has 0 aliphatic carbocycles. The molecule has 0 bridgehead atoms. The van der Waals surface area contributed by atoms with Gasteiger partial charge >= 0.3 is 5.97 Å². The van der Waals surface area contributed by atoms with Gasteiger partial charge in [-0.05, 0) is 29.2 Å². The molecule has 0 saturated carbocycles. The molecule has 1 aliphatic heterocycles. The van der Waals surface area contributed by atoms with E-state index in [9.17, 15) is 4.79 Å². The van der Waals surface area contributed by atoms with Crippen molar-refractivity contribution in [1.82, 2.24) is 10.3 Å². The Morgan fingerprint density at radius 1 is 0.935 bits per heavy atom. The van der Waals surface area contributed by atoms with Crippen LogP contribution in [0.2, 0.25) is 0 Å². The molecule has 156 valence electrons. The van der Waals surface area contributed by atoms with E-state index in [2.05, 4.69) is 77.0 Å². The van der Waals surface area contributed by atoms with Gasteiger partial charge in [-0.25, -0.2) is 0 Å². The molecule has 1 aliphatic rings. The van der Waals surface area contributed by atoms with E-state index in [1.54, 1.807) is 0 Å². The summed E-state index contributed by atoms with van der Waals surface area (Å²) in [4.78, 5) is 16.1. The van der Waals surface area contributed by atoms with E-state index >= 15 is 0 Å². The Balaban J connectivity index is 1.58. The van der Waals surface area contributed by atoms with Crippen molar-refractivity contribution < 1.29 is 9.53 Å². The van der Waals surface area contributed by atoms with Crippen LogP contribution in [0.3, 0.4) is 0 Å². The summed E-state index contributed by atoms with van der Waals surface area (Å²) >= 11 is 0. The first-order chi connectivity index (χ1) is 15.2. The van der Waals surface area contributed by atoms with Crippen molar-refractivity contribution >= 4 is 16.9 Å². The van der Waals surface area contributed by atoms with E-state index in [-0.39, 0.29) is 24.0 Å². The molecule has 2 N–H and O–H groups in total. The van der Waals surface area contributed by atoms with Crippen molar-refractivity contribution in [2.45, 2.75) is 30.8 Å². The summed E-state index contributed by atoms with van der Waals surface area (Å²) in [5.41, 5.74) is 6.05. The van der Waals surface area contributed by atoms with Gasteiger partial charge in [-0.2, -0.15) is 0 Å². The molecular weight excluding hydrogens is 384 g/mol. The molecule has 1 aromatic heterocycles. The molecule has 0 unspecified atom stereocenters. The van der Waals surface area contributed by atoms with Crippen LogP contribution in [-0.4, -0.2) is 24.1 Å². The Hall–Kier alpha value is -3.37. The first kappa shape index (κ1) is 19.6. The fourth-order valence-corrected chi connectivity index (χ4v) is 4.88. The average Bonchev–Trinajstić information content (AvgIpc) is 3.22. The number of para-hydroxylation sites is 1. The molecule has 4 heteroatoms. The lowest BCUT2D eigenvalue weighted by molar-refractivity contribution is -0.143. The zero-order valence-electron chi connectivity index (χ0n) is 17.5. The first-order valence-corrected chi connectivity index (χ1v) is 10.8. The van der Waals surface area contributed by atoms with Gasteiger partial charge in [-0.1, -0.05) is 78.9 Å². The molecule has 0 amide bonds. The fraction of sp³-hybridized carbons (Fsp3) is 0.222. The predicted molar refractivity (Wildman–Crippen MR) is 123 cm³/mol. The third kappa shape index (κ3) is 3.75. The van der Waals surface area contributed by atoms with E-state index in [0.29, 0.717) is 6.42 Å². The number of carbonyl (C=O) groups is 1. The zero-order valence-corrected chi connectivity index (χ0v) is 17.5. The van der Waals surface area contributed by atoms with Crippen molar-refractivity contribution in [3.05, 3.63) is 107 Å². The average molecular weight is 411 g/mol. The van der Waals surface area contributed by atoms with Gasteiger partial charge in [0.2, 0.25) is 0 Å². The largest absolute Gasteiger partial charge is 0.468 e. The van der Waals surface area contributed by atoms with Crippen molar-refractivity contribution in [2.24, 2.45) is 0 Å². The van der Waals surface area contributed by atoms with E-state index in [1.165, 1.54) is 34.9 Å². The Kier molecular flexibility index (Phi) is 5.31. The topological polar surface area (TPSA) is 54.1 Å². The number of ether oxygens (including phenoxy) is 1. The van der Waals surface area contributed by atoms with Crippen LogP contribution in [0.1, 0.15) is 40.8 Å². The van der Waals surface area contributed by atoms with Crippen LogP contribution in [0.25, 0.3) is 10.9 Å². The van der Waals surface area contributed by atoms with Crippen LogP contribution in [0, 0.1) is 0 Å². The van der Waals surface area contributed by atoms with Gasteiger partial charge < -0.3 is 9.72 Å². The maximum Gasteiger partial charge on any atom is 0.323 e. The maximum atomic E-state index is 12.5. The molecule has 4 nitrogen and oxygen atoms in total. The monoisotopic (exact) mass is 410 g/mol. The maximum absolute atomic E-state index is 12.5. The highest BCUT2D eigenvalue weighted by Gasteiger charge is 2.35. The highest BCUT2D eigenvalue weighted by Crippen LogP contribution is 2.39. The number of hydrogen-bond donors (Lipinski definition) is 2. The highest BCUT2D eigenvalue weighted by atomic mass is 16.5. The van der Waals surface area contributed by atoms with Crippen molar-refractivity contribution in [3.8, 4) is 0 Å². The minimum Gasteiger partial charge on any atom is -0.468 e. The zero-order chi connectivity index (χ0) is 21.2. The van der Waals surface area contributed by atoms with Crippen LogP contribution in [0.4, 0.5) is 0 Å². The molecule has 0 spiro atoms. The summed E-state index contributed by atoms with van der Waals surface area (Å²) in [5.74, 6) is -0.00698. The molecule has 0 radical (unpaired) electrons. The van der Waals surface area contributed by atoms with Crippen molar-refractivity contribution in [2.75, 3.05) is 7.11 Å². The van der Waals surface area contributed by atoms with Crippen LogP contribution < -0.4 is 5.32 Å². The highest BCUT2D eigenvalue weighted by molar-refractivity contribution is 5.87. The van der Waals surface area contributed by atoms with E-state index in [1.807, 2.05) is 18.2 Å². The number of aromatic nitrogens is 1. The molecule has 0 saturated heterocycles. The van der Waals surface area contributed by atoms with Gasteiger partial charge in [-0.15, -0.1) is 0 Å². The van der Waals surface area contributed by atoms with Crippen LogP contribution in [-0.2, 0) is 16.0 Å². The normalized spacial score (nSPS) is 18.1. The SMILES string of the molecule is COC(=O)[C@@H]1Cc2c([nH]c3ccccc23)[C@H](CC(c2ccccc2)c2ccccc2)N1. The van der Waals surface area contributed by atoms with Crippen molar-refractivity contribution in [1.29, 1.82) is 0 Å². The van der Waals surface area contributed by atoms with Gasteiger partial charge in [0, 0.05) is 35.0 Å². The number of benzene rings is 3. The molecule has 2 atom stereocenters. The third-order valence-corrected chi connectivity index (χ3v) is 6.37. The standard InChI is InChI=1S/C27H26N2O2/c1-31-27(30)25-17-22-20-14-8-9-15-23(20)29-26(22)24(28-25)16-21(18-10-4-2-5-11-18)19-12-6-3-7-13-19/h2-15,21,24-25,28-29H,16-17H2,1H3/t24-,25-/m0/s1. The van der Waals surface area contributed by atoms with Crippen LogP contribution in [0.5, 0.6) is 0 Å². The molecule has 31 heavy (non-hydrogen) atoms. The molecule has 4 aromatic rings. The Morgan fingerprint density at radius 3 is 2.19 bits per heavy atom. The van der Waals surface area contributed by atoms with Crippen LogP contribution in [0.15, 0.2) is 84.9 Å². The predicted octanol–water partition coefficient (Wildman–Crippen LogP) is 5.12. The molecular formula is C27H26N2O2. The lowest BCUT2D eigenvalue weighted by Gasteiger charge is -2.32. The smallest absolute Gasteiger partial charge is 0.323 e. The lowest BCUT2D eigenvalue weighted by atomic mass is 9.82. The minimum absolute atomic E-state index is 0.00524. The lowest BCUT2D eigenvalue weighted by Crippen LogP contribution is -2.45. The van der Waals surface area contributed by atoms with E-state index < -0.39 is 0 Å². The number of hydrogen-bond acceptors (Lipinski definition) is 3. The number of carbonyl (C=O) groups excluding carboxylic acids is 1.